The van der Waals surface area contributed by atoms with E-state index in [0.717, 1.165) is 15.9 Å². The van der Waals surface area contributed by atoms with Crippen molar-refractivity contribution in [2.45, 2.75) is 49.5 Å². The first-order valence-corrected chi connectivity index (χ1v) is 11.4. The quantitative estimate of drug-likeness (QED) is 0.741. The van der Waals surface area contributed by atoms with E-state index in [4.69, 9.17) is 0 Å². The highest BCUT2D eigenvalue weighted by Gasteiger charge is 2.49. The zero-order valence-corrected chi connectivity index (χ0v) is 17.2. The fraction of sp³-hybridized carbons (Fsp3) is 0.778. The molecule has 148 valence electrons. The molecule has 2 saturated heterocycles. The Labute approximate surface area is 167 Å². The summed E-state index contributed by atoms with van der Waals surface area (Å²) < 4.78 is 0.815. The third-order valence-electron chi connectivity index (χ3n) is 5.87. The number of hydrogen-bond acceptors (Lipinski definition) is 7. The summed E-state index contributed by atoms with van der Waals surface area (Å²) in [5.41, 5.74) is -0.479. The van der Waals surface area contributed by atoms with E-state index in [2.05, 4.69) is 10.2 Å². The lowest BCUT2D eigenvalue weighted by Crippen LogP contribution is -2.58. The molecule has 1 aliphatic carbocycles. The third-order valence-corrected chi connectivity index (χ3v) is 7.83. The molecule has 27 heavy (non-hydrogen) atoms. The summed E-state index contributed by atoms with van der Waals surface area (Å²) in [5.74, 6) is 1.26. The maximum atomic E-state index is 13.1. The number of aryl methyl sites for hydroxylation is 1. The molecule has 1 unspecified atom stereocenters. The van der Waals surface area contributed by atoms with Crippen LogP contribution < -0.4 is 0 Å². The van der Waals surface area contributed by atoms with E-state index in [0.29, 0.717) is 50.6 Å². The standard InChI is InChI=1S/C18H26N4O3S2/c1-12-19-20-17(27-12)26-11-15(24)21-6-4-18(5-7-21)8-14(23)10-22(16(18)25)9-13-2-3-13/h13-14,23H,2-11H2,1H3. The van der Waals surface area contributed by atoms with Crippen molar-refractivity contribution in [3.8, 4) is 0 Å². The first kappa shape index (κ1) is 19.1. The van der Waals surface area contributed by atoms with E-state index < -0.39 is 11.5 Å². The van der Waals surface area contributed by atoms with E-state index in [9.17, 15) is 14.7 Å². The van der Waals surface area contributed by atoms with Crippen molar-refractivity contribution in [2.24, 2.45) is 11.3 Å². The van der Waals surface area contributed by atoms with Crippen LogP contribution in [0.25, 0.3) is 0 Å². The molecule has 2 amide bonds. The number of amides is 2. The van der Waals surface area contributed by atoms with Gasteiger partial charge in [0, 0.05) is 26.2 Å². The van der Waals surface area contributed by atoms with Gasteiger partial charge in [-0.2, -0.15) is 0 Å². The van der Waals surface area contributed by atoms with Crippen molar-refractivity contribution in [1.82, 2.24) is 20.0 Å². The predicted molar refractivity (Wildman–Crippen MR) is 104 cm³/mol. The second kappa shape index (κ2) is 7.67. The third kappa shape index (κ3) is 4.30. The molecule has 3 aliphatic rings. The molecule has 1 aromatic heterocycles. The highest BCUT2D eigenvalue weighted by Crippen LogP contribution is 2.42. The Morgan fingerprint density at radius 3 is 2.70 bits per heavy atom. The number of carbonyl (C=O) groups is 2. The van der Waals surface area contributed by atoms with E-state index in [-0.39, 0.29) is 11.8 Å². The van der Waals surface area contributed by atoms with Gasteiger partial charge in [-0.05, 0) is 44.9 Å². The number of hydrogen-bond donors (Lipinski definition) is 1. The Balaban J connectivity index is 1.32. The number of aliphatic hydroxyl groups is 1. The minimum atomic E-state index is -0.479. The van der Waals surface area contributed by atoms with Gasteiger partial charge < -0.3 is 14.9 Å². The normalized spacial score (nSPS) is 25.3. The molecule has 1 saturated carbocycles. The average Bonchev–Trinajstić information content (AvgIpc) is 3.36. The summed E-state index contributed by atoms with van der Waals surface area (Å²) >= 11 is 2.92. The van der Waals surface area contributed by atoms with Crippen LogP contribution in [-0.2, 0) is 9.59 Å². The van der Waals surface area contributed by atoms with E-state index >= 15 is 0 Å². The second-order valence-electron chi connectivity index (χ2n) is 8.05. The van der Waals surface area contributed by atoms with Crippen molar-refractivity contribution in [3.63, 3.8) is 0 Å². The zero-order chi connectivity index (χ0) is 19.0. The maximum Gasteiger partial charge on any atom is 0.233 e. The summed E-state index contributed by atoms with van der Waals surface area (Å²) in [4.78, 5) is 29.4. The van der Waals surface area contributed by atoms with Gasteiger partial charge in [0.1, 0.15) is 5.01 Å². The molecule has 1 atom stereocenters. The Bertz CT molecular complexity index is 711. The lowest BCUT2D eigenvalue weighted by atomic mass is 9.71. The number of carbonyl (C=O) groups excluding carboxylic acids is 2. The SMILES string of the molecule is Cc1nnc(SCC(=O)N2CCC3(CC2)CC(O)CN(CC2CC2)C3=O)s1. The fourth-order valence-electron chi connectivity index (χ4n) is 4.20. The average molecular weight is 411 g/mol. The van der Waals surface area contributed by atoms with Gasteiger partial charge in [-0.1, -0.05) is 23.1 Å². The molecule has 0 bridgehead atoms. The molecule has 2 aliphatic heterocycles. The summed E-state index contributed by atoms with van der Waals surface area (Å²) in [5, 5.41) is 19.3. The second-order valence-corrected chi connectivity index (χ2v) is 10.5. The van der Waals surface area contributed by atoms with Crippen molar-refractivity contribution >= 4 is 34.9 Å². The van der Waals surface area contributed by atoms with Crippen LogP contribution in [0.4, 0.5) is 0 Å². The number of thioether (sulfide) groups is 1. The minimum absolute atomic E-state index is 0.0846. The first-order valence-electron chi connectivity index (χ1n) is 9.63. The monoisotopic (exact) mass is 410 g/mol. The number of rotatable bonds is 5. The van der Waals surface area contributed by atoms with Gasteiger partial charge in [-0.15, -0.1) is 10.2 Å². The van der Waals surface area contributed by atoms with Crippen molar-refractivity contribution in [2.75, 3.05) is 31.9 Å². The van der Waals surface area contributed by atoms with Crippen LogP contribution in [0.5, 0.6) is 0 Å². The maximum absolute atomic E-state index is 13.1. The van der Waals surface area contributed by atoms with E-state index in [1.807, 2.05) is 16.7 Å². The molecule has 0 aromatic carbocycles. The minimum Gasteiger partial charge on any atom is -0.391 e. The Hall–Kier alpha value is -1.19. The lowest BCUT2D eigenvalue weighted by Gasteiger charge is -2.48. The van der Waals surface area contributed by atoms with Gasteiger partial charge in [-0.3, -0.25) is 9.59 Å². The molecule has 1 N–H and O–H groups in total. The molecule has 3 heterocycles. The number of β-amino-alcohol motifs (C(OH)–C–C–N with tert-alkyl or cyclic N) is 1. The van der Waals surface area contributed by atoms with Crippen molar-refractivity contribution in [3.05, 3.63) is 5.01 Å². The Morgan fingerprint density at radius 2 is 2.07 bits per heavy atom. The molecule has 4 rings (SSSR count). The number of aliphatic hydroxyl groups excluding tert-OH is 1. The number of nitrogens with zero attached hydrogens (tertiary/aromatic N) is 4. The largest absolute Gasteiger partial charge is 0.391 e. The molecule has 1 spiro atoms. The van der Waals surface area contributed by atoms with Crippen LogP contribution in [0.2, 0.25) is 0 Å². The fourth-order valence-corrected chi connectivity index (χ4v) is 5.92. The number of likely N-dealkylation sites (tertiary alicyclic amines) is 2. The van der Waals surface area contributed by atoms with Gasteiger partial charge >= 0.3 is 0 Å². The number of piperidine rings is 2. The Kier molecular flexibility index (Phi) is 5.44. The molecular formula is C18H26N4O3S2. The van der Waals surface area contributed by atoms with Gasteiger partial charge in [-0.25, -0.2) is 0 Å². The van der Waals surface area contributed by atoms with E-state index in [1.54, 1.807) is 0 Å². The predicted octanol–water partition coefficient (Wildman–Crippen LogP) is 1.55. The van der Waals surface area contributed by atoms with Crippen LogP contribution in [0, 0.1) is 18.3 Å². The number of aromatic nitrogens is 2. The Morgan fingerprint density at radius 1 is 1.33 bits per heavy atom. The molecule has 7 nitrogen and oxygen atoms in total. The molecule has 1 aromatic rings. The first-order chi connectivity index (χ1) is 12.9. The lowest BCUT2D eigenvalue weighted by molar-refractivity contribution is -0.158. The van der Waals surface area contributed by atoms with Crippen molar-refractivity contribution in [1.29, 1.82) is 0 Å². The van der Waals surface area contributed by atoms with Crippen LogP contribution in [0.3, 0.4) is 0 Å². The van der Waals surface area contributed by atoms with Gasteiger partial charge in [0.15, 0.2) is 4.34 Å². The van der Waals surface area contributed by atoms with Gasteiger partial charge in [0.05, 0.1) is 17.3 Å². The van der Waals surface area contributed by atoms with Crippen molar-refractivity contribution < 1.29 is 14.7 Å². The summed E-state index contributed by atoms with van der Waals surface area (Å²) in [6.07, 6.45) is 3.78. The topological polar surface area (TPSA) is 86.6 Å². The summed E-state index contributed by atoms with van der Waals surface area (Å²) in [6.45, 7) is 4.33. The summed E-state index contributed by atoms with van der Waals surface area (Å²) in [7, 11) is 0. The highest BCUT2D eigenvalue weighted by molar-refractivity contribution is 8.01. The summed E-state index contributed by atoms with van der Waals surface area (Å²) in [6, 6.07) is 0. The molecule has 0 radical (unpaired) electrons. The van der Waals surface area contributed by atoms with E-state index in [1.165, 1.54) is 35.9 Å². The van der Waals surface area contributed by atoms with Gasteiger partial charge in [0.25, 0.3) is 0 Å². The molecule has 9 heteroatoms. The molecule has 3 fully saturated rings. The van der Waals surface area contributed by atoms with Crippen LogP contribution in [0.1, 0.15) is 37.1 Å². The van der Waals surface area contributed by atoms with Crippen LogP contribution >= 0.6 is 23.1 Å². The highest BCUT2D eigenvalue weighted by atomic mass is 32.2. The van der Waals surface area contributed by atoms with Crippen LogP contribution in [-0.4, -0.2) is 75.0 Å². The van der Waals surface area contributed by atoms with Gasteiger partial charge in [0.2, 0.25) is 11.8 Å². The smallest absolute Gasteiger partial charge is 0.233 e. The molecular weight excluding hydrogens is 384 g/mol. The van der Waals surface area contributed by atoms with Crippen LogP contribution in [0.15, 0.2) is 4.34 Å². The zero-order valence-electron chi connectivity index (χ0n) is 15.6.